The van der Waals surface area contributed by atoms with Gasteiger partial charge in [0.1, 0.15) is 17.2 Å². The Morgan fingerprint density at radius 3 is 2.23 bits per heavy atom. The Kier molecular flexibility index (Phi) is 7.57. The minimum atomic E-state index is -0.122. The van der Waals surface area contributed by atoms with Crippen LogP contribution in [0, 0.1) is 6.92 Å². The maximum Gasteiger partial charge on any atom is 0.260 e. The van der Waals surface area contributed by atoms with E-state index in [2.05, 4.69) is 15.9 Å². The smallest absolute Gasteiger partial charge is 0.260 e. The van der Waals surface area contributed by atoms with E-state index in [-0.39, 0.29) is 30.6 Å². The summed E-state index contributed by atoms with van der Waals surface area (Å²) >= 11 is 3.46. The molecule has 30 heavy (non-hydrogen) atoms. The Balaban J connectivity index is 1.37. The normalized spacial score (nSPS) is 13.8. The van der Waals surface area contributed by atoms with Crippen LogP contribution in [0.3, 0.4) is 0 Å². The van der Waals surface area contributed by atoms with E-state index >= 15 is 0 Å². The second-order valence-corrected chi connectivity index (χ2v) is 7.93. The van der Waals surface area contributed by atoms with Crippen LogP contribution in [0.5, 0.6) is 17.2 Å². The number of phenols is 1. The first kappa shape index (κ1) is 22.0. The summed E-state index contributed by atoms with van der Waals surface area (Å²) in [6, 6.07) is 12.0. The van der Waals surface area contributed by atoms with E-state index < -0.39 is 0 Å². The third kappa shape index (κ3) is 6.13. The maximum absolute atomic E-state index is 12.4. The van der Waals surface area contributed by atoms with Crippen molar-refractivity contribution in [3.63, 3.8) is 0 Å². The van der Waals surface area contributed by atoms with Gasteiger partial charge in [-0.25, -0.2) is 0 Å². The highest BCUT2D eigenvalue weighted by molar-refractivity contribution is 9.10. The van der Waals surface area contributed by atoms with E-state index in [0.29, 0.717) is 38.5 Å². The fourth-order valence-electron chi connectivity index (χ4n) is 3.11. The highest BCUT2D eigenvalue weighted by atomic mass is 79.9. The van der Waals surface area contributed by atoms with E-state index in [4.69, 9.17) is 9.47 Å². The van der Waals surface area contributed by atoms with Gasteiger partial charge in [-0.05, 0) is 64.8 Å². The van der Waals surface area contributed by atoms with Gasteiger partial charge in [0.2, 0.25) is 5.91 Å². The van der Waals surface area contributed by atoms with Gasteiger partial charge in [-0.15, -0.1) is 0 Å². The van der Waals surface area contributed by atoms with Gasteiger partial charge in [0.05, 0.1) is 17.5 Å². The molecule has 2 amide bonds. The summed E-state index contributed by atoms with van der Waals surface area (Å²) < 4.78 is 12.0. The zero-order chi connectivity index (χ0) is 21.5. The quantitative estimate of drug-likeness (QED) is 0.664. The Bertz CT molecular complexity index is 880. The number of piperazine rings is 1. The lowest BCUT2D eigenvalue weighted by molar-refractivity contribution is -0.141. The van der Waals surface area contributed by atoms with E-state index in [0.717, 1.165) is 15.8 Å². The van der Waals surface area contributed by atoms with Crippen molar-refractivity contribution in [1.29, 1.82) is 0 Å². The standard InChI is InChI=1S/C22H25BrN2O5/c1-16-2-7-20(19(23)14-16)29-13-8-21(27)24-9-11-25(12-10-24)22(28)15-30-18-5-3-17(26)4-6-18/h2-7,14,26H,8-13,15H2,1H3. The minimum absolute atomic E-state index is 0.0191. The highest BCUT2D eigenvalue weighted by Gasteiger charge is 2.24. The molecule has 7 nitrogen and oxygen atoms in total. The Labute approximate surface area is 184 Å². The molecule has 0 spiro atoms. The number of rotatable bonds is 7. The summed E-state index contributed by atoms with van der Waals surface area (Å²) in [5, 5.41) is 9.27. The van der Waals surface area contributed by atoms with E-state index in [1.807, 2.05) is 25.1 Å². The molecule has 160 valence electrons. The summed E-state index contributed by atoms with van der Waals surface area (Å²) in [5.74, 6) is 1.28. The fourth-order valence-corrected chi connectivity index (χ4v) is 3.72. The average Bonchev–Trinajstić information content (AvgIpc) is 2.74. The molecule has 1 heterocycles. The second kappa shape index (κ2) is 10.3. The molecule has 2 aromatic carbocycles. The zero-order valence-corrected chi connectivity index (χ0v) is 18.4. The van der Waals surface area contributed by atoms with E-state index in [1.165, 1.54) is 12.1 Å². The lowest BCUT2D eigenvalue weighted by Gasteiger charge is -2.34. The number of carbonyl (C=O) groups is 2. The van der Waals surface area contributed by atoms with Gasteiger partial charge in [-0.2, -0.15) is 0 Å². The van der Waals surface area contributed by atoms with Gasteiger partial charge >= 0.3 is 0 Å². The number of carbonyl (C=O) groups excluding carboxylic acids is 2. The number of aromatic hydroxyl groups is 1. The molecule has 0 aromatic heterocycles. The fraction of sp³-hybridized carbons (Fsp3) is 0.364. The molecule has 1 N–H and O–H groups in total. The third-order valence-electron chi connectivity index (χ3n) is 4.84. The molecule has 2 aromatic rings. The lowest BCUT2D eigenvalue weighted by Crippen LogP contribution is -2.51. The van der Waals surface area contributed by atoms with Crippen molar-refractivity contribution >= 4 is 27.7 Å². The lowest BCUT2D eigenvalue weighted by atomic mass is 10.2. The monoisotopic (exact) mass is 476 g/mol. The molecule has 1 fully saturated rings. The molecular formula is C22H25BrN2O5. The molecule has 1 saturated heterocycles. The zero-order valence-electron chi connectivity index (χ0n) is 16.8. The number of benzene rings is 2. The van der Waals surface area contributed by atoms with Crippen LogP contribution >= 0.6 is 15.9 Å². The van der Waals surface area contributed by atoms with E-state index in [1.54, 1.807) is 21.9 Å². The summed E-state index contributed by atoms with van der Waals surface area (Å²) in [5.41, 5.74) is 1.13. The van der Waals surface area contributed by atoms with E-state index in [9.17, 15) is 14.7 Å². The van der Waals surface area contributed by atoms with Crippen molar-refractivity contribution in [2.75, 3.05) is 39.4 Å². The topological polar surface area (TPSA) is 79.3 Å². The van der Waals surface area contributed by atoms with Gasteiger partial charge < -0.3 is 24.4 Å². The predicted molar refractivity (Wildman–Crippen MR) is 116 cm³/mol. The van der Waals surface area contributed by atoms with Crippen LogP contribution < -0.4 is 9.47 Å². The second-order valence-electron chi connectivity index (χ2n) is 7.08. The largest absolute Gasteiger partial charge is 0.508 e. The first-order valence-corrected chi connectivity index (χ1v) is 10.6. The van der Waals surface area contributed by atoms with Crippen LogP contribution in [-0.2, 0) is 9.59 Å². The summed E-state index contributed by atoms with van der Waals surface area (Å²) in [6.07, 6.45) is 0.290. The Morgan fingerprint density at radius 2 is 1.60 bits per heavy atom. The number of phenolic OH excluding ortho intramolecular Hbond substituents is 1. The number of aryl methyl sites for hydroxylation is 1. The number of halogens is 1. The number of hydrogen-bond donors (Lipinski definition) is 1. The number of amides is 2. The first-order chi connectivity index (χ1) is 14.4. The van der Waals surface area contributed by atoms with Crippen LogP contribution in [0.1, 0.15) is 12.0 Å². The van der Waals surface area contributed by atoms with Gasteiger partial charge in [-0.3, -0.25) is 9.59 Å². The van der Waals surface area contributed by atoms with Gasteiger partial charge in [0.15, 0.2) is 6.61 Å². The first-order valence-electron chi connectivity index (χ1n) is 9.79. The molecule has 1 aliphatic rings. The third-order valence-corrected chi connectivity index (χ3v) is 5.46. The average molecular weight is 477 g/mol. The molecule has 0 radical (unpaired) electrons. The van der Waals surface area contributed by atoms with Gasteiger partial charge in [0, 0.05) is 26.2 Å². The molecule has 8 heteroatoms. The van der Waals surface area contributed by atoms with Crippen LogP contribution in [0.4, 0.5) is 0 Å². The molecule has 0 bridgehead atoms. The molecule has 0 unspecified atom stereocenters. The number of nitrogens with zero attached hydrogens (tertiary/aromatic N) is 2. The van der Waals surface area contributed by atoms with Crippen molar-refractivity contribution in [1.82, 2.24) is 9.80 Å². The van der Waals surface area contributed by atoms with Crippen LogP contribution in [0.2, 0.25) is 0 Å². The minimum Gasteiger partial charge on any atom is -0.508 e. The predicted octanol–water partition coefficient (Wildman–Crippen LogP) is 2.98. The van der Waals surface area contributed by atoms with Crippen molar-refractivity contribution in [2.24, 2.45) is 0 Å². The van der Waals surface area contributed by atoms with Crippen LogP contribution in [0.25, 0.3) is 0 Å². The van der Waals surface area contributed by atoms with Gasteiger partial charge in [-0.1, -0.05) is 6.07 Å². The molecule has 0 saturated carbocycles. The molecule has 0 aliphatic carbocycles. The van der Waals surface area contributed by atoms with Crippen molar-refractivity contribution < 1.29 is 24.2 Å². The van der Waals surface area contributed by atoms with Crippen molar-refractivity contribution in [2.45, 2.75) is 13.3 Å². The summed E-state index contributed by atoms with van der Waals surface area (Å²) in [6.45, 7) is 4.19. The molecule has 1 aliphatic heterocycles. The molecule has 0 atom stereocenters. The van der Waals surface area contributed by atoms with Gasteiger partial charge in [0.25, 0.3) is 5.91 Å². The van der Waals surface area contributed by atoms with Crippen LogP contribution in [-0.4, -0.2) is 66.1 Å². The summed E-state index contributed by atoms with van der Waals surface area (Å²) in [7, 11) is 0. The maximum atomic E-state index is 12.4. The van der Waals surface area contributed by atoms with Crippen LogP contribution in [0.15, 0.2) is 46.9 Å². The Morgan fingerprint density at radius 1 is 0.967 bits per heavy atom. The number of ether oxygens (including phenoxy) is 2. The van der Waals surface area contributed by atoms with Crippen molar-refractivity contribution in [3.8, 4) is 17.2 Å². The van der Waals surface area contributed by atoms with Crippen molar-refractivity contribution in [3.05, 3.63) is 52.5 Å². The molecular weight excluding hydrogens is 452 g/mol. The molecule has 3 rings (SSSR count). The Hall–Kier alpha value is -2.74. The SMILES string of the molecule is Cc1ccc(OCCC(=O)N2CCN(C(=O)COc3ccc(O)cc3)CC2)c(Br)c1. The number of hydrogen-bond acceptors (Lipinski definition) is 5. The summed E-state index contributed by atoms with van der Waals surface area (Å²) in [4.78, 5) is 28.2. The highest BCUT2D eigenvalue weighted by Crippen LogP contribution is 2.25.